The van der Waals surface area contributed by atoms with Crippen molar-refractivity contribution in [3.63, 3.8) is 0 Å². The summed E-state index contributed by atoms with van der Waals surface area (Å²) >= 11 is 2.33. The van der Waals surface area contributed by atoms with Crippen molar-refractivity contribution in [2.24, 2.45) is 0 Å². The van der Waals surface area contributed by atoms with Gasteiger partial charge in [-0.25, -0.2) is 4.21 Å². The summed E-state index contributed by atoms with van der Waals surface area (Å²) in [5.74, 6) is 1.29. The minimum absolute atomic E-state index is 0.148. The average Bonchev–Trinajstić information content (AvgIpc) is 2.49. The van der Waals surface area contributed by atoms with Crippen LogP contribution in [0.5, 0.6) is 0 Å². The molecule has 2 rings (SSSR count). The van der Waals surface area contributed by atoms with Gasteiger partial charge < -0.3 is 10.6 Å². The van der Waals surface area contributed by atoms with Gasteiger partial charge in [0.15, 0.2) is 10.1 Å². The van der Waals surface area contributed by atoms with Gasteiger partial charge in [-0.1, -0.05) is 0 Å². The molecule has 0 bridgehead atoms. The second-order valence-corrected chi connectivity index (χ2v) is 7.83. The lowest BCUT2D eigenvalue weighted by Crippen LogP contribution is -2.28. The zero-order chi connectivity index (χ0) is 16.1. The standard InChI is InChI=1S/C10H14N4O5S3/c15-13(16)9(7-11-3-1-5-20-7)22(19)10(14(17)18)8-12-4-2-6-21-8/h11-12H,1-6H2. The van der Waals surface area contributed by atoms with Crippen molar-refractivity contribution in [3.05, 3.63) is 40.3 Å². The van der Waals surface area contributed by atoms with E-state index in [1.165, 1.54) is 23.5 Å². The number of hydrogen-bond acceptors (Lipinski definition) is 9. The van der Waals surface area contributed by atoms with E-state index in [4.69, 9.17) is 0 Å². The van der Waals surface area contributed by atoms with Gasteiger partial charge >= 0.3 is 10.1 Å². The summed E-state index contributed by atoms with van der Waals surface area (Å²) in [7, 11) is -2.46. The highest BCUT2D eigenvalue weighted by atomic mass is 32.2. The first-order valence-electron chi connectivity index (χ1n) is 6.45. The van der Waals surface area contributed by atoms with Crippen molar-refractivity contribution in [3.8, 4) is 0 Å². The Morgan fingerprint density at radius 3 is 1.64 bits per heavy atom. The van der Waals surface area contributed by atoms with E-state index >= 15 is 0 Å². The fourth-order valence-corrected chi connectivity index (χ4v) is 5.37. The van der Waals surface area contributed by atoms with Crippen LogP contribution >= 0.6 is 23.5 Å². The minimum Gasteiger partial charge on any atom is -0.374 e. The van der Waals surface area contributed by atoms with Gasteiger partial charge in [-0.3, -0.25) is 20.2 Å². The van der Waals surface area contributed by atoms with Gasteiger partial charge in [0.25, 0.3) is 0 Å². The maximum Gasteiger partial charge on any atom is 0.373 e. The number of thioether (sulfide) groups is 2. The summed E-state index contributed by atoms with van der Waals surface area (Å²) in [4.78, 5) is 21.0. The van der Waals surface area contributed by atoms with Gasteiger partial charge in [-0.05, 0) is 12.8 Å². The van der Waals surface area contributed by atoms with Gasteiger partial charge in [0.1, 0.15) is 0 Å². The molecule has 2 aliphatic rings. The topological polar surface area (TPSA) is 127 Å². The second-order valence-electron chi connectivity index (χ2n) is 4.31. The van der Waals surface area contributed by atoms with Gasteiger partial charge in [-0.15, -0.1) is 23.5 Å². The molecule has 9 nitrogen and oxygen atoms in total. The fourth-order valence-electron chi connectivity index (χ4n) is 1.83. The van der Waals surface area contributed by atoms with Crippen molar-refractivity contribution in [1.29, 1.82) is 0 Å². The van der Waals surface area contributed by atoms with Crippen LogP contribution < -0.4 is 10.6 Å². The largest absolute Gasteiger partial charge is 0.374 e. The first kappa shape index (κ1) is 17.1. The first-order valence-corrected chi connectivity index (χ1v) is 9.57. The quantitative estimate of drug-likeness (QED) is 0.553. The Bertz CT molecular complexity index is 513. The summed E-state index contributed by atoms with van der Waals surface area (Å²) in [5, 5.41) is 27.2. The Hall–Kier alpha value is -1.27. The summed E-state index contributed by atoms with van der Waals surface area (Å²) in [6, 6.07) is 0. The summed E-state index contributed by atoms with van der Waals surface area (Å²) < 4.78 is 12.5. The highest BCUT2D eigenvalue weighted by Crippen LogP contribution is 2.30. The van der Waals surface area contributed by atoms with E-state index in [1.807, 2.05) is 0 Å². The third-order valence-corrected chi connectivity index (χ3v) is 6.68. The number of rotatable bonds is 4. The molecule has 2 heterocycles. The van der Waals surface area contributed by atoms with Crippen LogP contribution in [0.2, 0.25) is 0 Å². The predicted molar refractivity (Wildman–Crippen MR) is 86.3 cm³/mol. The molecule has 0 amide bonds. The molecular weight excluding hydrogens is 352 g/mol. The molecule has 0 aromatic carbocycles. The van der Waals surface area contributed by atoms with Crippen molar-refractivity contribution in [2.75, 3.05) is 24.6 Å². The molecule has 2 N–H and O–H groups in total. The molecule has 0 radical (unpaired) electrons. The van der Waals surface area contributed by atoms with Crippen LogP contribution in [0.4, 0.5) is 0 Å². The van der Waals surface area contributed by atoms with Gasteiger partial charge in [0.2, 0.25) is 10.8 Å². The summed E-state index contributed by atoms with van der Waals surface area (Å²) in [6.45, 7) is 1.04. The highest BCUT2D eigenvalue weighted by Gasteiger charge is 2.39. The molecule has 2 fully saturated rings. The smallest absolute Gasteiger partial charge is 0.373 e. The van der Waals surface area contributed by atoms with E-state index in [0.29, 0.717) is 24.6 Å². The Labute approximate surface area is 137 Å². The molecule has 0 aromatic rings. The van der Waals surface area contributed by atoms with Crippen molar-refractivity contribution in [1.82, 2.24) is 10.6 Å². The van der Waals surface area contributed by atoms with E-state index in [-0.39, 0.29) is 10.1 Å². The zero-order valence-electron chi connectivity index (χ0n) is 11.4. The Balaban J connectivity index is 2.43. The van der Waals surface area contributed by atoms with E-state index in [9.17, 15) is 24.4 Å². The summed E-state index contributed by atoms with van der Waals surface area (Å²) in [5.41, 5.74) is 0. The summed E-state index contributed by atoms with van der Waals surface area (Å²) in [6.07, 6.45) is 1.65. The third kappa shape index (κ3) is 3.93. The predicted octanol–water partition coefficient (Wildman–Crippen LogP) is 0.995. The Morgan fingerprint density at radius 2 is 1.36 bits per heavy atom. The average molecular weight is 366 g/mol. The van der Waals surface area contributed by atoms with Crippen LogP contribution in [0, 0.1) is 20.2 Å². The Morgan fingerprint density at radius 1 is 0.955 bits per heavy atom. The highest BCUT2D eigenvalue weighted by molar-refractivity contribution is 8.05. The van der Waals surface area contributed by atoms with Crippen LogP contribution in [0.1, 0.15) is 12.8 Å². The SMILES string of the molecule is O=[N+]([O-])C(=C1NCCCS1)S(=O)C(=C1NCCCS1)[N+](=O)[O-]. The fraction of sp³-hybridized carbons (Fsp3) is 0.600. The van der Waals surface area contributed by atoms with Gasteiger partial charge in [0.05, 0.1) is 9.85 Å². The van der Waals surface area contributed by atoms with Crippen molar-refractivity contribution in [2.45, 2.75) is 12.8 Å². The minimum atomic E-state index is -2.46. The molecule has 0 saturated carbocycles. The molecule has 122 valence electrons. The molecule has 0 aliphatic carbocycles. The zero-order valence-corrected chi connectivity index (χ0v) is 13.9. The molecule has 0 spiro atoms. The molecule has 0 aromatic heterocycles. The number of nitrogens with zero attached hydrogens (tertiary/aromatic N) is 2. The Kier molecular flexibility index (Phi) is 6.08. The lowest BCUT2D eigenvalue weighted by atomic mass is 10.5. The van der Waals surface area contributed by atoms with Crippen LogP contribution in [-0.2, 0) is 10.8 Å². The van der Waals surface area contributed by atoms with Crippen LogP contribution in [0.3, 0.4) is 0 Å². The normalized spacial score (nSPS) is 24.5. The maximum absolute atomic E-state index is 12.5. The molecule has 2 aliphatic heterocycles. The molecule has 12 heteroatoms. The van der Waals surface area contributed by atoms with Crippen LogP contribution in [0.25, 0.3) is 0 Å². The van der Waals surface area contributed by atoms with Gasteiger partial charge in [-0.2, -0.15) is 0 Å². The lowest BCUT2D eigenvalue weighted by Gasteiger charge is -2.17. The molecule has 2 saturated heterocycles. The van der Waals surface area contributed by atoms with E-state index in [1.54, 1.807) is 0 Å². The van der Waals surface area contributed by atoms with E-state index in [2.05, 4.69) is 10.6 Å². The number of nitrogens with one attached hydrogen (secondary N) is 2. The molecule has 0 atom stereocenters. The molecule has 0 unspecified atom stereocenters. The van der Waals surface area contributed by atoms with Crippen LogP contribution in [0.15, 0.2) is 20.1 Å². The number of hydrogen-bond donors (Lipinski definition) is 2. The van der Waals surface area contributed by atoms with Crippen LogP contribution in [-0.4, -0.2) is 38.7 Å². The van der Waals surface area contributed by atoms with Gasteiger partial charge in [0, 0.05) is 24.6 Å². The maximum atomic E-state index is 12.5. The van der Waals surface area contributed by atoms with Crippen molar-refractivity contribution >= 4 is 34.3 Å². The van der Waals surface area contributed by atoms with E-state index < -0.39 is 30.7 Å². The first-order chi connectivity index (χ1) is 10.5. The third-order valence-electron chi connectivity index (χ3n) is 2.78. The monoisotopic (exact) mass is 366 g/mol. The molecule has 22 heavy (non-hydrogen) atoms. The van der Waals surface area contributed by atoms with Crippen molar-refractivity contribution < 1.29 is 14.1 Å². The lowest BCUT2D eigenvalue weighted by molar-refractivity contribution is -0.420. The number of nitro groups is 2. The van der Waals surface area contributed by atoms with E-state index in [0.717, 1.165) is 12.8 Å². The molecular formula is C10H14N4O5S3. The second kappa shape index (κ2) is 7.83.